The maximum atomic E-state index is 12.4. The van der Waals surface area contributed by atoms with Crippen molar-refractivity contribution in [2.45, 2.75) is 11.9 Å². The average Bonchev–Trinajstić information content (AvgIpc) is 2.37. The minimum absolute atomic E-state index is 0.0315. The van der Waals surface area contributed by atoms with Gasteiger partial charge in [0.15, 0.2) is 0 Å². The zero-order chi connectivity index (χ0) is 18.1. The normalized spacial score (nSPS) is 12.1. The molecule has 0 aliphatic heterocycles. The quantitative estimate of drug-likeness (QED) is 0.460. The molecule has 1 rings (SSSR count). The summed E-state index contributed by atoms with van der Waals surface area (Å²) in [6.07, 6.45) is -4.31. The van der Waals surface area contributed by atoms with Crippen molar-refractivity contribution >= 4 is 18.1 Å². The Morgan fingerprint density at radius 2 is 1.26 bits per heavy atom. The number of hydrogen-bond acceptors (Lipinski definition) is 2. The van der Waals surface area contributed by atoms with E-state index in [-0.39, 0.29) is 24.1 Å². The number of aliphatic hydroxyl groups is 2. The second kappa shape index (κ2) is 10.0. The number of benzene rings is 1. The second-order valence-electron chi connectivity index (χ2n) is 4.30. The predicted molar refractivity (Wildman–Crippen MR) is 76.6 cm³/mol. The minimum Gasteiger partial charge on any atom is -0.418 e. The van der Waals surface area contributed by atoms with Crippen LogP contribution in [0.5, 0.6) is 0 Å². The van der Waals surface area contributed by atoms with Gasteiger partial charge in [0.1, 0.15) is 17.3 Å². The number of hydrogen-bond donors (Lipinski definition) is 2. The molecule has 0 amide bonds. The molecule has 1 aromatic rings. The molecule has 0 aliphatic carbocycles. The Balaban J connectivity index is 0.000000841. The molecule has 0 aromatic heterocycles. The summed E-state index contributed by atoms with van der Waals surface area (Å²) in [5, 5.41) is 17.7. The molecular weight excluding hydrogens is 352 g/mol. The summed E-state index contributed by atoms with van der Waals surface area (Å²) in [4.78, 5) is 0. The first-order valence-corrected chi connectivity index (χ1v) is 8.10. The summed E-state index contributed by atoms with van der Waals surface area (Å²) in [7, 11) is -6.18. The van der Waals surface area contributed by atoms with E-state index in [1.807, 2.05) is 0 Å². The summed E-state index contributed by atoms with van der Waals surface area (Å²) < 4.78 is 76.1. The van der Waals surface area contributed by atoms with Gasteiger partial charge in [-0.2, -0.15) is 13.2 Å². The summed E-state index contributed by atoms with van der Waals surface area (Å²) >= 11 is 0. The smallest absolute Gasteiger partial charge is 0.418 e. The van der Waals surface area contributed by atoms with Gasteiger partial charge >= 0.3 is 13.4 Å². The van der Waals surface area contributed by atoms with Crippen LogP contribution in [0.1, 0.15) is 11.1 Å². The molecule has 0 saturated carbocycles. The zero-order valence-electron chi connectivity index (χ0n) is 11.9. The second-order valence-corrected chi connectivity index (χ2v) is 6.63. The van der Waals surface area contributed by atoms with Gasteiger partial charge in [0.2, 0.25) is 0 Å². The maximum absolute atomic E-state index is 12.4. The summed E-state index contributed by atoms with van der Waals surface area (Å²) in [5.74, 6) is 1.74. The van der Waals surface area contributed by atoms with Crippen molar-refractivity contribution in [2.75, 3.05) is 24.7 Å². The van der Waals surface area contributed by atoms with Gasteiger partial charge in [-0.1, -0.05) is 12.1 Å². The fraction of sp³-hybridized carbons (Fsp3) is 0.500. The molecule has 0 aliphatic rings. The molecule has 0 spiro atoms. The summed E-state index contributed by atoms with van der Waals surface area (Å²) in [6.45, 7) is 0.0630. The Kier molecular flexibility index (Phi) is 9.63. The zero-order valence-corrected chi connectivity index (χ0v) is 12.7. The minimum atomic E-state index is -6.00. The third kappa shape index (κ3) is 12.2. The summed E-state index contributed by atoms with van der Waals surface area (Å²) in [6, 6.07) is 5.04. The Labute approximate surface area is 131 Å². The van der Waals surface area contributed by atoms with Crippen molar-refractivity contribution in [3.63, 3.8) is 0 Å². The molecule has 2 N–H and O–H groups in total. The summed E-state index contributed by atoms with van der Waals surface area (Å²) in [5.41, 5.74) is 0.142. The van der Waals surface area contributed by atoms with Crippen LogP contribution in [0.3, 0.4) is 0 Å². The highest BCUT2D eigenvalue weighted by molar-refractivity contribution is 7.96. The van der Waals surface area contributed by atoms with Crippen molar-refractivity contribution in [3.05, 3.63) is 35.4 Å². The molecule has 0 saturated heterocycles. The lowest BCUT2D eigenvalue weighted by atomic mass is 10.1. The largest absolute Gasteiger partial charge is 0.673 e. The van der Waals surface area contributed by atoms with Crippen LogP contribution >= 0.6 is 0 Å². The lowest BCUT2D eigenvalue weighted by Crippen LogP contribution is -2.19. The van der Waals surface area contributed by atoms with E-state index in [0.29, 0.717) is 17.3 Å². The van der Waals surface area contributed by atoms with E-state index in [1.165, 1.54) is 12.1 Å². The molecule has 0 heterocycles. The first-order chi connectivity index (χ1) is 10.5. The molecular formula is C12H16BF7O2S. The average molecular weight is 368 g/mol. The molecule has 1 aromatic carbocycles. The monoisotopic (exact) mass is 368 g/mol. The van der Waals surface area contributed by atoms with E-state index in [2.05, 4.69) is 0 Å². The Bertz CT molecular complexity index is 425. The van der Waals surface area contributed by atoms with Crippen LogP contribution in [0.4, 0.5) is 30.4 Å². The van der Waals surface area contributed by atoms with Gasteiger partial charge in [0, 0.05) is 5.56 Å². The first-order valence-electron chi connectivity index (χ1n) is 6.36. The van der Waals surface area contributed by atoms with Gasteiger partial charge in [-0.15, -0.1) is 0 Å². The highest BCUT2D eigenvalue weighted by Crippen LogP contribution is 2.29. The van der Waals surface area contributed by atoms with Gasteiger partial charge in [0.05, 0.1) is 18.8 Å². The molecule has 134 valence electrons. The van der Waals surface area contributed by atoms with Gasteiger partial charge in [-0.05, 0) is 23.0 Å². The number of halogens is 7. The molecule has 0 radical (unpaired) electrons. The van der Waals surface area contributed by atoms with Crippen LogP contribution in [0.2, 0.25) is 0 Å². The number of aliphatic hydroxyl groups excluding tert-OH is 2. The molecule has 2 nitrogen and oxygen atoms in total. The Hall–Kier alpha value is -0.935. The van der Waals surface area contributed by atoms with Crippen molar-refractivity contribution < 1.29 is 40.6 Å². The highest BCUT2D eigenvalue weighted by atomic mass is 32.2. The standard InChI is InChI=1S/C12H16F3O2S.BF4/c13-12(14,15)11-3-1-10(2-4-11)9-18(7-5-16)8-6-17;2-1(3,4)5/h1-4,16-17H,5-9H2;/q+1;-1. The number of alkyl halides is 3. The fourth-order valence-corrected chi connectivity index (χ4v) is 3.20. The first kappa shape index (κ1) is 22.1. The third-order valence-corrected chi connectivity index (χ3v) is 4.67. The van der Waals surface area contributed by atoms with E-state index in [0.717, 1.165) is 17.7 Å². The van der Waals surface area contributed by atoms with Crippen LogP contribution in [-0.2, 0) is 22.8 Å². The van der Waals surface area contributed by atoms with Crippen LogP contribution < -0.4 is 0 Å². The Morgan fingerprint density at radius 1 is 0.870 bits per heavy atom. The fourth-order valence-electron chi connectivity index (χ4n) is 1.53. The van der Waals surface area contributed by atoms with Crippen molar-refractivity contribution in [1.29, 1.82) is 0 Å². The van der Waals surface area contributed by atoms with Gasteiger partial charge in [-0.25, -0.2) is 0 Å². The van der Waals surface area contributed by atoms with Crippen molar-refractivity contribution in [3.8, 4) is 0 Å². The van der Waals surface area contributed by atoms with Crippen molar-refractivity contribution in [1.82, 2.24) is 0 Å². The van der Waals surface area contributed by atoms with E-state index in [1.54, 1.807) is 0 Å². The lowest BCUT2D eigenvalue weighted by Gasteiger charge is -2.09. The number of rotatable bonds is 6. The maximum Gasteiger partial charge on any atom is 0.673 e. The molecule has 0 fully saturated rings. The highest BCUT2D eigenvalue weighted by Gasteiger charge is 2.30. The van der Waals surface area contributed by atoms with Crippen LogP contribution in [-0.4, -0.2) is 42.2 Å². The van der Waals surface area contributed by atoms with Gasteiger partial charge in [-0.3, -0.25) is 0 Å². The lowest BCUT2D eigenvalue weighted by molar-refractivity contribution is -0.137. The van der Waals surface area contributed by atoms with E-state index in [9.17, 15) is 30.4 Å². The van der Waals surface area contributed by atoms with Crippen LogP contribution in [0.15, 0.2) is 24.3 Å². The SMILES string of the molecule is F[B-](F)(F)F.OCC[S+](CCO)Cc1ccc(C(F)(F)F)cc1. The molecule has 0 bridgehead atoms. The van der Waals surface area contributed by atoms with Gasteiger partial charge < -0.3 is 27.5 Å². The molecule has 0 atom stereocenters. The topological polar surface area (TPSA) is 40.5 Å². The van der Waals surface area contributed by atoms with E-state index >= 15 is 0 Å². The van der Waals surface area contributed by atoms with Crippen LogP contribution in [0.25, 0.3) is 0 Å². The predicted octanol–water partition coefficient (Wildman–Crippen LogP) is 3.11. The molecule has 0 unspecified atom stereocenters. The van der Waals surface area contributed by atoms with Gasteiger partial charge in [0.25, 0.3) is 0 Å². The molecule has 11 heteroatoms. The van der Waals surface area contributed by atoms with E-state index in [4.69, 9.17) is 10.2 Å². The van der Waals surface area contributed by atoms with E-state index < -0.39 is 19.0 Å². The molecule has 23 heavy (non-hydrogen) atoms. The third-order valence-electron chi connectivity index (χ3n) is 2.41. The Morgan fingerprint density at radius 3 is 1.57 bits per heavy atom. The van der Waals surface area contributed by atoms with Crippen molar-refractivity contribution in [2.24, 2.45) is 0 Å². The van der Waals surface area contributed by atoms with Crippen LogP contribution in [0, 0.1) is 0 Å².